The predicted octanol–water partition coefficient (Wildman–Crippen LogP) is 2.95. The van der Waals surface area contributed by atoms with Crippen molar-refractivity contribution in [3.8, 4) is 0 Å². The Balaban J connectivity index is 2.34. The van der Waals surface area contributed by atoms with Gasteiger partial charge in [-0.05, 0) is 55.3 Å². The van der Waals surface area contributed by atoms with Crippen LogP contribution >= 0.6 is 0 Å². The fraction of sp³-hybridized carbons (Fsp3) is 0.118. The van der Waals surface area contributed by atoms with E-state index in [0.29, 0.717) is 5.56 Å². The Morgan fingerprint density at radius 1 is 0.783 bits per heavy atom. The highest BCUT2D eigenvalue weighted by molar-refractivity contribution is 6.06. The average Bonchev–Trinajstić information content (AvgIpc) is 2.49. The van der Waals surface area contributed by atoms with Crippen LogP contribution in [0.15, 0.2) is 36.4 Å². The number of carbonyl (C=O) groups excluding carboxylic acids is 1. The number of benzene rings is 2. The quantitative estimate of drug-likeness (QED) is 0.805. The first-order valence-electron chi connectivity index (χ1n) is 6.78. The number of hydrogen-bond donors (Lipinski definition) is 3. The van der Waals surface area contributed by atoms with E-state index in [-0.39, 0.29) is 16.8 Å². The van der Waals surface area contributed by atoms with E-state index < -0.39 is 17.8 Å². The fourth-order valence-corrected chi connectivity index (χ4v) is 2.03. The van der Waals surface area contributed by atoms with Crippen molar-refractivity contribution in [2.45, 2.75) is 13.8 Å². The zero-order valence-electron chi connectivity index (χ0n) is 12.6. The number of carbonyl (C=O) groups is 3. The Bertz CT molecular complexity index is 778. The summed E-state index contributed by atoms with van der Waals surface area (Å²) in [4.78, 5) is 34.4. The first-order valence-corrected chi connectivity index (χ1v) is 6.78. The summed E-state index contributed by atoms with van der Waals surface area (Å²) in [5.41, 5.74) is 2.10. The van der Waals surface area contributed by atoms with Gasteiger partial charge in [-0.15, -0.1) is 0 Å². The van der Waals surface area contributed by atoms with Gasteiger partial charge in [0.05, 0.1) is 11.1 Å². The number of anilines is 1. The molecule has 2 aromatic rings. The van der Waals surface area contributed by atoms with Gasteiger partial charge in [-0.25, -0.2) is 9.59 Å². The highest BCUT2D eigenvalue weighted by atomic mass is 16.4. The standard InChI is InChI=1S/C17H15NO5/c1-9-3-4-11(5-10(9)2)15(19)18-14-7-12(16(20)21)6-13(8-14)17(22)23/h3-8H,1-2H3,(H,18,19)(H,20,21)(H,22,23). The molecule has 0 spiro atoms. The van der Waals surface area contributed by atoms with Crippen molar-refractivity contribution in [2.24, 2.45) is 0 Å². The van der Waals surface area contributed by atoms with E-state index in [4.69, 9.17) is 10.2 Å². The molecular formula is C17H15NO5. The molecule has 0 bridgehead atoms. The van der Waals surface area contributed by atoms with E-state index in [1.807, 2.05) is 13.8 Å². The lowest BCUT2D eigenvalue weighted by Gasteiger charge is -2.09. The second-order valence-electron chi connectivity index (χ2n) is 5.16. The van der Waals surface area contributed by atoms with E-state index >= 15 is 0 Å². The van der Waals surface area contributed by atoms with Crippen LogP contribution in [0, 0.1) is 13.8 Å². The molecular weight excluding hydrogens is 298 g/mol. The minimum absolute atomic E-state index is 0.116. The molecule has 118 valence electrons. The summed E-state index contributed by atoms with van der Waals surface area (Å²) < 4.78 is 0. The van der Waals surface area contributed by atoms with Crippen molar-refractivity contribution in [3.05, 3.63) is 64.2 Å². The van der Waals surface area contributed by atoms with Gasteiger partial charge in [0.15, 0.2) is 0 Å². The molecule has 0 aliphatic rings. The Labute approximate surface area is 132 Å². The Hall–Kier alpha value is -3.15. The number of nitrogens with one attached hydrogen (secondary N) is 1. The van der Waals surface area contributed by atoms with Crippen LogP contribution in [-0.4, -0.2) is 28.1 Å². The molecule has 23 heavy (non-hydrogen) atoms. The van der Waals surface area contributed by atoms with E-state index in [1.54, 1.807) is 18.2 Å². The van der Waals surface area contributed by atoms with E-state index in [0.717, 1.165) is 17.2 Å². The number of aryl methyl sites for hydroxylation is 2. The number of rotatable bonds is 4. The summed E-state index contributed by atoms with van der Waals surface area (Å²) >= 11 is 0. The van der Waals surface area contributed by atoms with Gasteiger partial charge in [-0.3, -0.25) is 4.79 Å². The van der Waals surface area contributed by atoms with Crippen molar-refractivity contribution in [1.29, 1.82) is 0 Å². The minimum atomic E-state index is -1.27. The van der Waals surface area contributed by atoms with Crippen molar-refractivity contribution in [2.75, 3.05) is 5.32 Å². The van der Waals surface area contributed by atoms with Gasteiger partial charge in [0.1, 0.15) is 0 Å². The van der Waals surface area contributed by atoms with Crippen molar-refractivity contribution in [3.63, 3.8) is 0 Å². The molecule has 0 heterocycles. The first-order chi connectivity index (χ1) is 10.8. The van der Waals surface area contributed by atoms with Crippen LogP contribution in [0.25, 0.3) is 0 Å². The Morgan fingerprint density at radius 2 is 1.35 bits per heavy atom. The molecule has 6 nitrogen and oxygen atoms in total. The number of carboxylic acid groups (broad SMARTS) is 2. The molecule has 3 N–H and O–H groups in total. The highest BCUT2D eigenvalue weighted by Crippen LogP contribution is 2.17. The van der Waals surface area contributed by atoms with Gasteiger partial charge in [0, 0.05) is 11.3 Å². The third kappa shape index (κ3) is 3.74. The van der Waals surface area contributed by atoms with Crippen LogP contribution in [-0.2, 0) is 0 Å². The van der Waals surface area contributed by atoms with Gasteiger partial charge >= 0.3 is 11.9 Å². The predicted molar refractivity (Wildman–Crippen MR) is 84.2 cm³/mol. The lowest BCUT2D eigenvalue weighted by atomic mass is 10.1. The van der Waals surface area contributed by atoms with Crippen LogP contribution in [0.4, 0.5) is 5.69 Å². The summed E-state index contributed by atoms with van der Waals surface area (Å²) in [5.74, 6) is -2.98. The number of amides is 1. The zero-order chi connectivity index (χ0) is 17.1. The van der Waals surface area contributed by atoms with Crippen LogP contribution < -0.4 is 5.32 Å². The molecule has 0 saturated heterocycles. The molecule has 0 radical (unpaired) electrons. The molecule has 2 rings (SSSR count). The second kappa shape index (κ2) is 6.31. The molecule has 0 saturated carbocycles. The normalized spacial score (nSPS) is 10.2. The third-order valence-corrected chi connectivity index (χ3v) is 3.45. The molecule has 6 heteroatoms. The summed E-state index contributed by atoms with van der Waals surface area (Å²) in [7, 11) is 0. The average molecular weight is 313 g/mol. The van der Waals surface area contributed by atoms with Crippen LogP contribution in [0.3, 0.4) is 0 Å². The van der Waals surface area contributed by atoms with Crippen molar-refractivity contribution < 1.29 is 24.6 Å². The lowest BCUT2D eigenvalue weighted by Crippen LogP contribution is -2.14. The molecule has 0 atom stereocenters. The summed E-state index contributed by atoms with van der Waals surface area (Å²) in [6.45, 7) is 3.80. The van der Waals surface area contributed by atoms with Crippen LogP contribution in [0.5, 0.6) is 0 Å². The van der Waals surface area contributed by atoms with E-state index in [1.165, 1.54) is 12.1 Å². The van der Waals surface area contributed by atoms with Gasteiger partial charge in [0.2, 0.25) is 0 Å². The monoisotopic (exact) mass is 313 g/mol. The topological polar surface area (TPSA) is 104 Å². The lowest BCUT2D eigenvalue weighted by molar-refractivity contribution is 0.0696. The zero-order valence-corrected chi connectivity index (χ0v) is 12.6. The molecule has 0 aliphatic carbocycles. The third-order valence-electron chi connectivity index (χ3n) is 3.45. The SMILES string of the molecule is Cc1ccc(C(=O)Nc2cc(C(=O)O)cc(C(=O)O)c2)cc1C. The summed E-state index contributed by atoms with van der Waals surface area (Å²) in [6, 6.07) is 8.64. The molecule has 0 aromatic heterocycles. The Kier molecular flexibility index (Phi) is 4.45. The fourth-order valence-electron chi connectivity index (χ4n) is 2.03. The maximum absolute atomic E-state index is 12.2. The maximum atomic E-state index is 12.2. The first kappa shape index (κ1) is 16.2. The van der Waals surface area contributed by atoms with E-state index in [2.05, 4.69) is 5.32 Å². The van der Waals surface area contributed by atoms with Gasteiger partial charge in [-0.1, -0.05) is 6.07 Å². The molecule has 2 aromatic carbocycles. The van der Waals surface area contributed by atoms with Gasteiger partial charge in [-0.2, -0.15) is 0 Å². The minimum Gasteiger partial charge on any atom is -0.478 e. The molecule has 0 fully saturated rings. The summed E-state index contributed by atoms with van der Waals surface area (Å²) in [5, 5.41) is 20.6. The highest BCUT2D eigenvalue weighted by Gasteiger charge is 2.14. The van der Waals surface area contributed by atoms with Gasteiger partial charge < -0.3 is 15.5 Å². The number of aromatic carboxylic acids is 2. The van der Waals surface area contributed by atoms with Crippen LogP contribution in [0.1, 0.15) is 42.2 Å². The second-order valence-corrected chi connectivity index (χ2v) is 5.16. The van der Waals surface area contributed by atoms with Crippen molar-refractivity contribution in [1.82, 2.24) is 0 Å². The van der Waals surface area contributed by atoms with Crippen molar-refractivity contribution >= 4 is 23.5 Å². The molecule has 0 aliphatic heterocycles. The number of hydrogen-bond acceptors (Lipinski definition) is 3. The summed E-state index contributed by atoms with van der Waals surface area (Å²) in [6.07, 6.45) is 0. The molecule has 1 amide bonds. The largest absolute Gasteiger partial charge is 0.478 e. The molecule has 0 unspecified atom stereocenters. The van der Waals surface area contributed by atoms with Gasteiger partial charge in [0.25, 0.3) is 5.91 Å². The smallest absolute Gasteiger partial charge is 0.335 e. The Morgan fingerprint density at radius 3 is 1.83 bits per heavy atom. The van der Waals surface area contributed by atoms with Crippen LogP contribution in [0.2, 0.25) is 0 Å². The number of carboxylic acids is 2. The maximum Gasteiger partial charge on any atom is 0.335 e. The van der Waals surface area contributed by atoms with E-state index in [9.17, 15) is 14.4 Å².